The molecule has 1 aliphatic rings. The molecule has 2 aromatic carbocycles. The van der Waals surface area contributed by atoms with Crippen LogP contribution in [0.15, 0.2) is 48.5 Å². The Balaban J connectivity index is 1.68. The molecule has 2 heterocycles. The van der Waals surface area contributed by atoms with Crippen molar-refractivity contribution in [2.24, 2.45) is 0 Å². The minimum atomic E-state index is 0.173. The van der Waals surface area contributed by atoms with Gasteiger partial charge >= 0.3 is 0 Å². The molecule has 1 aliphatic heterocycles. The summed E-state index contributed by atoms with van der Waals surface area (Å²) in [5.74, 6) is 1.48. The van der Waals surface area contributed by atoms with Gasteiger partial charge in [-0.05, 0) is 31.0 Å². The summed E-state index contributed by atoms with van der Waals surface area (Å²) in [6, 6.07) is 17.0. The third-order valence-electron chi connectivity index (χ3n) is 5.51. The Labute approximate surface area is 160 Å². The minimum absolute atomic E-state index is 0.173. The fourth-order valence-electron chi connectivity index (χ4n) is 3.96. The molecule has 3 aromatic rings. The van der Waals surface area contributed by atoms with E-state index in [-0.39, 0.29) is 11.8 Å². The highest BCUT2D eigenvalue weighted by atomic mass is 16.2. The van der Waals surface area contributed by atoms with Gasteiger partial charge in [0.15, 0.2) is 0 Å². The first-order valence-corrected chi connectivity index (χ1v) is 9.94. The fourth-order valence-corrected chi connectivity index (χ4v) is 3.96. The number of likely N-dealkylation sites (tertiary alicyclic amines) is 1. The lowest BCUT2D eigenvalue weighted by Gasteiger charge is -2.17. The van der Waals surface area contributed by atoms with Crippen molar-refractivity contribution in [1.82, 2.24) is 14.5 Å². The van der Waals surface area contributed by atoms with Gasteiger partial charge in [0.05, 0.1) is 11.0 Å². The Morgan fingerprint density at radius 3 is 2.67 bits per heavy atom. The van der Waals surface area contributed by atoms with Crippen LogP contribution in [0.5, 0.6) is 0 Å². The number of para-hydroxylation sites is 2. The van der Waals surface area contributed by atoms with E-state index < -0.39 is 0 Å². The van der Waals surface area contributed by atoms with Gasteiger partial charge in [0, 0.05) is 32.0 Å². The SMILES string of the molecule is CCCCN1C[C@@H](c2nc3ccccc3n2Cc2ccc(C)cc2)CC1=O. The summed E-state index contributed by atoms with van der Waals surface area (Å²) in [6.45, 7) is 6.71. The summed E-state index contributed by atoms with van der Waals surface area (Å²) in [7, 11) is 0. The molecule has 27 heavy (non-hydrogen) atoms. The smallest absolute Gasteiger partial charge is 0.223 e. The Hall–Kier alpha value is -2.62. The van der Waals surface area contributed by atoms with E-state index in [4.69, 9.17) is 4.98 Å². The largest absolute Gasteiger partial charge is 0.342 e. The number of carbonyl (C=O) groups is 1. The maximum Gasteiger partial charge on any atom is 0.223 e. The third-order valence-corrected chi connectivity index (χ3v) is 5.51. The maximum absolute atomic E-state index is 12.5. The Bertz CT molecular complexity index is 942. The third kappa shape index (κ3) is 3.61. The van der Waals surface area contributed by atoms with Gasteiger partial charge in [-0.1, -0.05) is 55.3 Å². The highest BCUT2D eigenvalue weighted by Crippen LogP contribution is 2.31. The van der Waals surface area contributed by atoms with Crippen LogP contribution in [-0.2, 0) is 11.3 Å². The first kappa shape index (κ1) is 17.8. The molecule has 0 spiro atoms. The van der Waals surface area contributed by atoms with Crippen molar-refractivity contribution in [3.63, 3.8) is 0 Å². The second-order valence-electron chi connectivity index (χ2n) is 7.62. The summed E-state index contributed by atoms with van der Waals surface area (Å²) in [6.07, 6.45) is 2.75. The van der Waals surface area contributed by atoms with Gasteiger partial charge in [-0.15, -0.1) is 0 Å². The van der Waals surface area contributed by atoms with E-state index in [9.17, 15) is 4.79 Å². The molecule has 1 atom stereocenters. The van der Waals surface area contributed by atoms with Gasteiger partial charge in [0.25, 0.3) is 0 Å². The number of hydrogen-bond donors (Lipinski definition) is 0. The number of aromatic nitrogens is 2. The van der Waals surface area contributed by atoms with E-state index in [2.05, 4.69) is 60.9 Å². The van der Waals surface area contributed by atoms with Crippen LogP contribution in [0.2, 0.25) is 0 Å². The van der Waals surface area contributed by atoms with Crippen LogP contribution in [0, 0.1) is 6.92 Å². The van der Waals surface area contributed by atoms with Gasteiger partial charge in [-0.3, -0.25) is 4.79 Å². The lowest BCUT2D eigenvalue weighted by molar-refractivity contribution is -0.127. The van der Waals surface area contributed by atoms with Crippen LogP contribution in [0.1, 0.15) is 49.1 Å². The average Bonchev–Trinajstić information content (AvgIpc) is 3.22. The van der Waals surface area contributed by atoms with Gasteiger partial charge < -0.3 is 9.47 Å². The average molecular weight is 361 g/mol. The zero-order valence-electron chi connectivity index (χ0n) is 16.2. The van der Waals surface area contributed by atoms with Gasteiger partial charge in [0.2, 0.25) is 5.91 Å². The van der Waals surface area contributed by atoms with Crippen molar-refractivity contribution >= 4 is 16.9 Å². The van der Waals surface area contributed by atoms with Crippen LogP contribution in [0.4, 0.5) is 0 Å². The van der Waals surface area contributed by atoms with E-state index in [1.165, 1.54) is 11.1 Å². The molecular weight excluding hydrogens is 334 g/mol. The fraction of sp³-hybridized carbons (Fsp3) is 0.391. The molecule has 1 fully saturated rings. The van der Waals surface area contributed by atoms with Gasteiger partial charge in [0.1, 0.15) is 5.82 Å². The Kier molecular flexibility index (Phi) is 4.97. The maximum atomic E-state index is 12.5. The van der Waals surface area contributed by atoms with Crippen LogP contribution < -0.4 is 0 Å². The van der Waals surface area contributed by atoms with E-state index >= 15 is 0 Å². The molecule has 0 N–H and O–H groups in total. The minimum Gasteiger partial charge on any atom is -0.342 e. The van der Waals surface area contributed by atoms with Gasteiger partial charge in [-0.2, -0.15) is 0 Å². The number of carbonyl (C=O) groups excluding carboxylic acids is 1. The van der Waals surface area contributed by atoms with Crippen molar-refractivity contribution in [2.75, 3.05) is 13.1 Å². The lowest BCUT2D eigenvalue weighted by atomic mass is 10.1. The summed E-state index contributed by atoms with van der Waals surface area (Å²) in [5, 5.41) is 0. The van der Waals surface area contributed by atoms with E-state index in [1.807, 2.05) is 11.0 Å². The van der Waals surface area contributed by atoms with Crippen molar-refractivity contribution < 1.29 is 4.79 Å². The predicted molar refractivity (Wildman–Crippen MR) is 109 cm³/mol. The Morgan fingerprint density at radius 2 is 1.89 bits per heavy atom. The summed E-state index contributed by atoms with van der Waals surface area (Å²) in [4.78, 5) is 19.4. The number of fused-ring (bicyclic) bond motifs is 1. The molecule has 4 rings (SSSR count). The topological polar surface area (TPSA) is 38.1 Å². The number of benzene rings is 2. The second-order valence-corrected chi connectivity index (χ2v) is 7.62. The van der Waals surface area contributed by atoms with Crippen LogP contribution in [-0.4, -0.2) is 33.4 Å². The second kappa shape index (κ2) is 7.55. The van der Waals surface area contributed by atoms with Crippen molar-refractivity contribution in [3.05, 3.63) is 65.5 Å². The highest BCUT2D eigenvalue weighted by Gasteiger charge is 2.33. The number of imidazole rings is 1. The zero-order valence-corrected chi connectivity index (χ0v) is 16.2. The van der Waals surface area contributed by atoms with Crippen LogP contribution >= 0.6 is 0 Å². The van der Waals surface area contributed by atoms with E-state index in [0.717, 1.165) is 49.3 Å². The number of unbranched alkanes of at least 4 members (excludes halogenated alkanes) is 1. The van der Waals surface area contributed by atoms with E-state index in [0.29, 0.717) is 6.42 Å². The molecule has 0 saturated carbocycles. The quantitative estimate of drug-likeness (QED) is 0.648. The molecule has 140 valence electrons. The van der Waals surface area contributed by atoms with Crippen LogP contribution in [0.25, 0.3) is 11.0 Å². The Morgan fingerprint density at radius 1 is 1.11 bits per heavy atom. The molecule has 0 aliphatic carbocycles. The molecule has 4 nitrogen and oxygen atoms in total. The standard InChI is InChI=1S/C23H27N3O/c1-3-4-13-25-16-19(14-22(25)27)23-24-20-7-5-6-8-21(20)26(23)15-18-11-9-17(2)10-12-18/h5-12,19H,3-4,13-16H2,1-2H3/t19-/m0/s1. The summed E-state index contributed by atoms with van der Waals surface area (Å²) < 4.78 is 2.31. The molecule has 0 radical (unpaired) electrons. The number of rotatable bonds is 6. The zero-order chi connectivity index (χ0) is 18.8. The normalized spacial score (nSPS) is 17.2. The molecule has 4 heteroatoms. The first-order valence-electron chi connectivity index (χ1n) is 9.94. The summed E-state index contributed by atoms with van der Waals surface area (Å²) in [5.41, 5.74) is 4.69. The first-order chi connectivity index (χ1) is 13.2. The molecule has 1 saturated heterocycles. The predicted octanol–water partition coefficient (Wildman–Crippen LogP) is 4.51. The van der Waals surface area contributed by atoms with Crippen molar-refractivity contribution in [1.29, 1.82) is 0 Å². The highest BCUT2D eigenvalue weighted by molar-refractivity contribution is 5.81. The number of amides is 1. The van der Waals surface area contributed by atoms with E-state index in [1.54, 1.807) is 0 Å². The number of aryl methyl sites for hydroxylation is 1. The molecular formula is C23H27N3O. The van der Waals surface area contributed by atoms with Crippen LogP contribution in [0.3, 0.4) is 0 Å². The molecule has 1 amide bonds. The summed E-state index contributed by atoms with van der Waals surface area (Å²) >= 11 is 0. The van der Waals surface area contributed by atoms with Crippen molar-refractivity contribution in [3.8, 4) is 0 Å². The lowest BCUT2D eigenvalue weighted by Crippen LogP contribution is -2.26. The number of hydrogen-bond acceptors (Lipinski definition) is 2. The molecule has 1 aromatic heterocycles. The molecule has 0 bridgehead atoms. The molecule has 0 unspecified atom stereocenters. The monoisotopic (exact) mass is 361 g/mol. The number of nitrogens with zero attached hydrogens (tertiary/aromatic N) is 3. The van der Waals surface area contributed by atoms with Crippen molar-refractivity contribution in [2.45, 2.75) is 45.6 Å². The van der Waals surface area contributed by atoms with Gasteiger partial charge in [-0.25, -0.2) is 4.98 Å².